The van der Waals surface area contributed by atoms with Crippen molar-refractivity contribution in [2.45, 2.75) is 52.5 Å². The van der Waals surface area contributed by atoms with Crippen LogP contribution in [0.1, 0.15) is 63.6 Å². The first kappa shape index (κ1) is 28.1. The van der Waals surface area contributed by atoms with Gasteiger partial charge < -0.3 is 0 Å². The van der Waals surface area contributed by atoms with Crippen molar-refractivity contribution in [3.8, 4) is 0 Å². The molecule has 5 heteroatoms. The van der Waals surface area contributed by atoms with E-state index in [2.05, 4.69) is 80.4 Å². The van der Waals surface area contributed by atoms with Crippen LogP contribution >= 0.6 is 0 Å². The Hall–Kier alpha value is -2.46. The predicted octanol–water partition coefficient (Wildman–Crippen LogP) is 7.01. The second-order valence-electron chi connectivity index (χ2n) is 9.54. The number of unbranched alkanes of at least 4 members (excludes halogenated alkanes) is 1. The van der Waals surface area contributed by atoms with Gasteiger partial charge in [0.25, 0.3) is 0 Å². The zero-order chi connectivity index (χ0) is 26.1. The first-order valence-corrected chi connectivity index (χ1v) is 15.7. The summed E-state index contributed by atoms with van der Waals surface area (Å²) >= 11 is 0.308. The SMILES string of the molecule is C=C1C2=C(CN(C(C)=O)CC2)N=[C]([Hg])N1C(c1ccccc1)c1ccccc1.C=CC(C)CCCC. The van der Waals surface area contributed by atoms with Gasteiger partial charge in [0.2, 0.25) is 0 Å². The van der Waals surface area contributed by atoms with Crippen LogP contribution < -0.4 is 0 Å². The Morgan fingerprint density at radius 1 is 1.11 bits per heavy atom. The van der Waals surface area contributed by atoms with Gasteiger partial charge in [-0.25, -0.2) is 0 Å². The van der Waals surface area contributed by atoms with Gasteiger partial charge in [0.15, 0.2) is 0 Å². The molecule has 0 N–H and O–H groups in total. The van der Waals surface area contributed by atoms with Crippen LogP contribution in [0.2, 0.25) is 0 Å². The summed E-state index contributed by atoms with van der Waals surface area (Å²) in [5.41, 5.74) is 5.73. The molecule has 0 aliphatic carbocycles. The number of benzene rings is 2. The zero-order valence-corrected chi connectivity index (χ0v) is 27.6. The maximum atomic E-state index is 11.8. The summed E-state index contributed by atoms with van der Waals surface area (Å²) < 4.78 is 1.10. The molecule has 0 aromatic heterocycles. The van der Waals surface area contributed by atoms with Gasteiger partial charge in [-0.05, 0) is 12.3 Å². The number of carbonyl (C=O) groups excluding carboxylic acids is 1. The summed E-state index contributed by atoms with van der Waals surface area (Å²) in [7, 11) is 0. The molecule has 0 saturated carbocycles. The van der Waals surface area contributed by atoms with Crippen molar-refractivity contribution < 1.29 is 30.9 Å². The molecule has 0 spiro atoms. The molecule has 0 saturated heterocycles. The fourth-order valence-electron chi connectivity index (χ4n) is 4.65. The van der Waals surface area contributed by atoms with E-state index in [-0.39, 0.29) is 11.9 Å². The van der Waals surface area contributed by atoms with Gasteiger partial charge in [0.05, 0.1) is 0 Å². The molecule has 1 unspecified atom stereocenters. The number of hydrogen-bond donors (Lipinski definition) is 0. The number of aliphatic imine (C=N–C) groups is 1. The number of rotatable bonds is 7. The van der Waals surface area contributed by atoms with Crippen LogP contribution in [0.3, 0.4) is 0 Å². The number of carbonyl (C=O) groups is 1. The molecule has 2 aliphatic heterocycles. The Morgan fingerprint density at radius 2 is 1.69 bits per heavy atom. The second kappa shape index (κ2) is 13.7. The Labute approximate surface area is 233 Å². The van der Waals surface area contributed by atoms with E-state index in [0.717, 1.165) is 33.6 Å². The summed E-state index contributed by atoms with van der Waals surface area (Å²) in [6, 6.07) is 21.2. The summed E-state index contributed by atoms with van der Waals surface area (Å²) in [5, 5.41) is 0. The molecule has 0 radical (unpaired) electrons. The average Bonchev–Trinajstić information content (AvgIpc) is 2.90. The normalized spacial score (nSPS) is 16.2. The molecule has 0 fully saturated rings. The molecule has 2 aromatic carbocycles. The van der Waals surface area contributed by atoms with E-state index in [0.29, 0.717) is 32.7 Å². The van der Waals surface area contributed by atoms with Crippen molar-refractivity contribution in [3.63, 3.8) is 0 Å². The molecule has 185 valence electrons. The molecule has 4 nitrogen and oxygen atoms in total. The van der Waals surface area contributed by atoms with Gasteiger partial charge in [-0.3, -0.25) is 0 Å². The number of hydrogen-bond acceptors (Lipinski definition) is 3. The van der Waals surface area contributed by atoms with E-state index in [1.165, 1.54) is 36.0 Å². The summed E-state index contributed by atoms with van der Waals surface area (Å²) in [6.07, 6.45) is 6.78. The molecular formula is C31H38HgN3O. The molecule has 2 aliphatic rings. The van der Waals surface area contributed by atoms with E-state index in [1.807, 2.05) is 23.1 Å². The predicted molar refractivity (Wildman–Crippen MR) is 146 cm³/mol. The second-order valence-corrected chi connectivity index (χ2v) is 12.0. The minimum atomic E-state index is 0.0611. The molecule has 2 aromatic rings. The van der Waals surface area contributed by atoms with E-state index in [9.17, 15) is 4.79 Å². The van der Waals surface area contributed by atoms with Crippen LogP contribution in [0.25, 0.3) is 0 Å². The maximum Gasteiger partial charge on any atom is -0.0265 e. The van der Waals surface area contributed by atoms with Gasteiger partial charge in [0.1, 0.15) is 0 Å². The van der Waals surface area contributed by atoms with E-state index in [1.54, 1.807) is 6.92 Å². The van der Waals surface area contributed by atoms with Gasteiger partial charge in [-0.2, -0.15) is 0 Å². The standard InChI is InChI=1S/C23H22N3O.C8H16.Hg/c1-17-21-13-14-25(18(2)27)15-22(21)24-16-26(17)23(19-9-5-3-6-10-19)20-11-7-4-8-12-20;1-4-6-7-8(3)5-2;/h3-12,23H,1,13-15H2,2H3;5,8H,2,4,6-7H2,1,3H3;. The average molecular weight is 669 g/mol. The van der Waals surface area contributed by atoms with Crippen molar-refractivity contribution in [2.24, 2.45) is 10.9 Å². The van der Waals surface area contributed by atoms with Crippen molar-refractivity contribution in [1.29, 1.82) is 0 Å². The third-order valence-electron chi connectivity index (χ3n) is 6.85. The summed E-state index contributed by atoms with van der Waals surface area (Å²) in [6.45, 7) is 15.6. The van der Waals surface area contributed by atoms with Crippen LogP contribution in [-0.4, -0.2) is 32.1 Å². The smallest absolute Gasteiger partial charge is 0.0265 e. The van der Waals surface area contributed by atoms with E-state index >= 15 is 0 Å². The molecule has 1 atom stereocenters. The van der Waals surface area contributed by atoms with Crippen molar-refractivity contribution >= 4 is 9.25 Å². The fraction of sp³-hybridized carbons (Fsp3) is 0.355. The van der Waals surface area contributed by atoms with Crippen molar-refractivity contribution in [2.75, 3.05) is 13.1 Å². The zero-order valence-electron chi connectivity index (χ0n) is 22.1. The van der Waals surface area contributed by atoms with Crippen molar-refractivity contribution in [3.05, 3.63) is 108 Å². The van der Waals surface area contributed by atoms with E-state index < -0.39 is 0 Å². The van der Waals surface area contributed by atoms with Gasteiger partial charge in [-0.15, -0.1) is 6.58 Å². The topological polar surface area (TPSA) is 35.9 Å². The molecule has 36 heavy (non-hydrogen) atoms. The summed E-state index contributed by atoms with van der Waals surface area (Å²) in [4.78, 5) is 21.0. The molecule has 1 amide bonds. The Bertz CT molecular complexity index is 1070. The Balaban J connectivity index is 0.000000392. The number of amidine groups is 1. The van der Waals surface area contributed by atoms with Crippen LogP contribution in [0.5, 0.6) is 0 Å². The molecule has 2 heterocycles. The number of nitrogens with zero attached hydrogens (tertiary/aromatic N) is 3. The molecular weight excluding hydrogens is 631 g/mol. The third kappa shape index (κ3) is 7.06. The minimum absolute atomic E-state index is 0.0611. The van der Waals surface area contributed by atoms with Crippen LogP contribution in [0.4, 0.5) is 0 Å². The van der Waals surface area contributed by atoms with E-state index in [4.69, 9.17) is 4.99 Å². The van der Waals surface area contributed by atoms with Crippen LogP contribution in [0.15, 0.2) is 102 Å². The van der Waals surface area contributed by atoms with Gasteiger partial charge >= 0.3 is 183 Å². The number of amides is 1. The quantitative estimate of drug-likeness (QED) is 0.235. The van der Waals surface area contributed by atoms with Crippen LogP contribution in [0, 0.1) is 5.92 Å². The van der Waals surface area contributed by atoms with Gasteiger partial charge in [-0.1, -0.05) is 32.8 Å². The van der Waals surface area contributed by atoms with Crippen LogP contribution in [-0.2, 0) is 30.9 Å². The monoisotopic (exact) mass is 670 g/mol. The Morgan fingerprint density at radius 3 is 2.19 bits per heavy atom. The minimum Gasteiger partial charge on any atom is -0.103 e. The largest absolute Gasteiger partial charge is 0.103 e. The summed E-state index contributed by atoms with van der Waals surface area (Å²) in [5.74, 6) is 0.830. The Kier molecular flexibility index (Phi) is 10.7. The first-order chi connectivity index (χ1) is 17.4. The number of allylic oxidation sites excluding steroid dienone is 2. The molecule has 4 rings (SSSR count). The van der Waals surface area contributed by atoms with Crippen molar-refractivity contribution in [1.82, 2.24) is 9.80 Å². The van der Waals surface area contributed by atoms with Gasteiger partial charge in [0, 0.05) is 0 Å². The maximum absolute atomic E-state index is 11.8. The molecule has 0 bridgehead atoms. The third-order valence-corrected chi connectivity index (χ3v) is 8.79. The first-order valence-electron chi connectivity index (χ1n) is 13.0. The fourth-order valence-corrected chi connectivity index (χ4v) is 6.84.